The Hall–Kier alpha value is -0.820. The maximum Gasteiger partial charge on any atom is 0.233 e. The summed E-state index contributed by atoms with van der Waals surface area (Å²) in [7, 11) is 0. The topological polar surface area (TPSA) is 54.5 Å². The van der Waals surface area contributed by atoms with Crippen LogP contribution >= 0.6 is 24.2 Å². The average molecular weight is 414 g/mol. The monoisotopic (exact) mass is 413 g/mol. The molecule has 2 atom stereocenters. The molecule has 0 bridgehead atoms. The van der Waals surface area contributed by atoms with Crippen molar-refractivity contribution in [3.8, 4) is 0 Å². The fraction of sp³-hybridized carbons (Fsp3) is 0.700. The molecule has 152 valence electrons. The normalized spacial score (nSPS) is 23.1. The van der Waals surface area contributed by atoms with Gasteiger partial charge in [-0.3, -0.25) is 9.78 Å². The van der Waals surface area contributed by atoms with Crippen LogP contribution in [0.5, 0.6) is 0 Å². The predicted molar refractivity (Wildman–Crippen MR) is 113 cm³/mol. The SMILES string of the molecule is Cl.O=C(CSCC1CCCCO1)N(Cc1ccccn1)C1CCCNCC1. The number of halogens is 1. The van der Waals surface area contributed by atoms with Crippen LogP contribution in [0.3, 0.4) is 0 Å². The van der Waals surface area contributed by atoms with Gasteiger partial charge in [0.2, 0.25) is 5.91 Å². The lowest BCUT2D eigenvalue weighted by molar-refractivity contribution is -0.131. The van der Waals surface area contributed by atoms with Gasteiger partial charge in [0.25, 0.3) is 0 Å². The van der Waals surface area contributed by atoms with E-state index in [-0.39, 0.29) is 18.3 Å². The lowest BCUT2D eigenvalue weighted by atomic mass is 10.1. The summed E-state index contributed by atoms with van der Waals surface area (Å²) in [5, 5.41) is 3.45. The highest BCUT2D eigenvalue weighted by Crippen LogP contribution is 2.20. The van der Waals surface area contributed by atoms with Crippen LogP contribution in [0, 0.1) is 0 Å². The molecular formula is C20H32ClN3O2S. The van der Waals surface area contributed by atoms with Crippen LogP contribution in [-0.4, -0.2) is 59.1 Å². The number of aromatic nitrogens is 1. The number of hydrogen-bond acceptors (Lipinski definition) is 5. The molecule has 3 rings (SSSR count). The van der Waals surface area contributed by atoms with Crippen molar-refractivity contribution in [2.45, 2.75) is 57.2 Å². The predicted octanol–water partition coefficient (Wildman–Crippen LogP) is 3.28. The first kappa shape index (κ1) is 22.5. The fourth-order valence-electron chi connectivity index (χ4n) is 3.70. The number of pyridine rings is 1. The van der Waals surface area contributed by atoms with Crippen molar-refractivity contribution in [2.75, 3.05) is 31.2 Å². The van der Waals surface area contributed by atoms with Crippen LogP contribution < -0.4 is 5.32 Å². The van der Waals surface area contributed by atoms with Crippen LogP contribution in [-0.2, 0) is 16.1 Å². The van der Waals surface area contributed by atoms with Crippen molar-refractivity contribution in [3.05, 3.63) is 30.1 Å². The van der Waals surface area contributed by atoms with Gasteiger partial charge in [0.05, 0.1) is 24.1 Å². The molecule has 2 unspecified atom stereocenters. The molecule has 2 saturated heterocycles. The van der Waals surface area contributed by atoms with E-state index in [0.29, 0.717) is 24.4 Å². The summed E-state index contributed by atoms with van der Waals surface area (Å²) >= 11 is 1.72. The zero-order chi connectivity index (χ0) is 18.0. The van der Waals surface area contributed by atoms with Gasteiger partial charge in [0.1, 0.15) is 0 Å². The number of amides is 1. The number of ether oxygens (including phenoxy) is 1. The van der Waals surface area contributed by atoms with Crippen molar-refractivity contribution in [1.82, 2.24) is 15.2 Å². The lowest BCUT2D eigenvalue weighted by Crippen LogP contribution is -2.41. The zero-order valence-corrected chi connectivity index (χ0v) is 17.6. The number of carbonyl (C=O) groups excluding carboxylic acids is 1. The maximum atomic E-state index is 13.0. The molecule has 2 aliphatic rings. The smallest absolute Gasteiger partial charge is 0.233 e. The fourth-order valence-corrected chi connectivity index (χ4v) is 4.68. The summed E-state index contributed by atoms with van der Waals surface area (Å²) in [6.07, 6.45) is 8.91. The molecule has 0 aromatic carbocycles. The lowest BCUT2D eigenvalue weighted by Gasteiger charge is -2.31. The van der Waals surface area contributed by atoms with Gasteiger partial charge in [0, 0.05) is 24.6 Å². The second-order valence-corrected chi connectivity index (χ2v) is 8.21. The van der Waals surface area contributed by atoms with Gasteiger partial charge in [-0.2, -0.15) is 0 Å². The van der Waals surface area contributed by atoms with E-state index in [1.165, 1.54) is 12.8 Å². The summed E-state index contributed by atoms with van der Waals surface area (Å²) in [5.41, 5.74) is 0.971. The quantitative estimate of drug-likeness (QED) is 0.743. The standard InChI is InChI=1S/C20H31N3O2S.ClH/c24-20(16-26-15-19-8-2-4-13-25-19)23(14-17-6-1-3-11-22-17)18-7-5-10-21-12-9-18;/h1,3,6,11,18-19,21H,2,4-5,7-10,12-16H2;1H. The van der Waals surface area contributed by atoms with Crippen LogP contribution in [0.15, 0.2) is 24.4 Å². The Kier molecular flexibility index (Phi) is 10.5. The number of nitrogens with one attached hydrogen (secondary N) is 1. The second-order valence-electron chi connectivity index (χ2n) is 7.18. The molecule has 3 heterocycles. The van der Waals surface area contributed by atoms with Gasteiger partial charge < -0.3 is 15.0 Å². The molecule has 27 heavy (non-hydrogen) atoms. The first-order valence-electron chi connectivity index (χ1n) is 9.92. The number of nitrogens with zero attached hydrogens (tertiary/aromatic N) is 2. The molecule has 2 fully saturated rings. The van der Waals surface area contributed by atoms with Crippen molar-refractivity contribution >= 4 is 30.1 Å². The summed E-state index contributed by atoms with van der Waals surface area (Å²) in [6, 6.07) is 6.24. The van der Waals surface area contributed by atoms with Crippen molar-refractivity contribution in [1.29, 1.82) is 0 Å². The van der Waals surface area contributed by atoms with Crippen LogP contribution in [0.2, 0.25) is 0 Å². The molecule has 2 aliphatic heterocycles. The zero-order valence-electron chi connectivity index (χ0n) is 16.0. The van der Waals surface area contributed by atoms with Gasteiger partial charge in [-0.25, -0.2) is 0 Å². The molecule has 0 radical (unpaired) electrons. The molecular weight excluding hydrogens is 382 g/mol. The van der Waals surface area contributed by atoms with Gasteiger partial charge in [-0.1, -0.05) is 6.07 Å². The van der Waals surface area contributed by atoms with Gasteiger partial charge in [0.15, 0.2) is 0 Å². The van der Waals surface area contributed by atoms with Crippen molar-refractivity contribution in [2.24, 2.45) is 0 Å². The summed E-state index contributed by atoms with van der Waals surface area (Å²) in [5.74, 6) is 1.70. The Bertz CT molecular complexity index is 535. The highest BCUT2D eigenvalue weighted by molar-refractivity contribution is 7.99. The third kappa shape index (κ3) is 7.60. The molecule has 0 spiro atoms. The molecule has 7 heteroatoms. The number of hydrogen-bond donors (Lipinski definition) is 1. The minimum Gasteiger partial charge on any atom is -0.377 e. The van der Waals surface area contributed by atoms with E-state index in [0.717, 1.165) is 56.8 Å². The third-order valence-corrected chi connectivity index (χ3v) is 6.23. The summed E-state index contributed by atoms with van der Waals surface area (Å²) in [6.45, 7) is 3.53. The Morgan fingerprint density at radius 2 is 2.15 bits per heavy atom. The Labute approximate surface area is 173 Å². The Morgan fingerprint density at radius 3 is 2.93 bits per heavy atom. The minimum absolute atomic E-state index is 0. The van der Waals surface area contributed by atoms with Gasteiger partial charge >= 0.3 is 0 Å². The van der Waals surface area contributed by atoms with E-state index in [1.54, 1.807) is 11.8 Å². The molecule has 1 aromatic heterocycles. The van der Waals surface area contributed by atoms with E-state index >= 15 is 0 Å². The molecule has 0 aliphatic carbocycles. The number of thioether (sulfide) groups is 1. The Balaban J connectivity index is 0.00000261. The molecule has 0 saturated carbocycles. The first-order valence-corrected chi connectivity index (χ1v) is 11.1. The highest BCUT2D eigenvalue weighted by Gasteiger charge is 2.25. The number of rotatable bonds is 7. The van der Waals surface area contributed by atoms with E-state index in [2.05, 4.69) is 15.2 Å². The Morgan fingerprint density at radius 1 is 1.22 bits per heavy atom. The maximum absolute atomic E-state index is 13.0. The minimum atomic E-state index is 0. The molecule has 5 nitrogen and oxygen atoms in total. The van der Waals surface area contributed by atoms with Crippen LogP contribution in [0.25, 0.3) is 0 Å². The largest absolute Gasteiger partial charge is 0.377 e. The van der Waals surface area contributed by atoms with E-state index in [9.17, 15) is 4.79 Å². The highest BCUT2D eigenvalue weighted by atomic mass is 35.5. The van der Waals surface area contributed by atoms with E-state index in [4.69, 9.17) is 4.74 Å². The average Bonchev–Trinajstić information content (AvgIpc) is 2.97. The molecule has 1 aromatic rings. The third-order valence-electron chi connectivity index (χ3n) is 5.17. The first-order chi connectivity index (χ1) is 12.8. The molecule has 1 amide bonds. The van der Waals surface area contributed by atoms with E-state index in [1.807, 2.05) is 24.4 Å². The van der Waals surface area contributed by atoms with Gasteiger partial charge in [-0.15, -0.1) is 24.2 Å². The van der Waals surface area contributed by atoms with E-state index < -0.39 is 0 Å². The van der Waals surface area contributed by atoms with Gasteiger partial charge in [-0.05, 0) is 63.7 Å². The van der Waals surface area contributed by atoms with Crippen LogP contribution in [0.1, 0.15) is 44.2 Å². The van der Waals surface area contributed by atoms with Crippen LogP contribution in [0.4, 0.5) is 0 Å². The number of carbonyl (C=O) groups is 1. The second kappa shape index (κ2) is 12.6. The molecule has 1 N–H and O–H groups in total. The van der Waals surface area contributed by atoms with Crippen molar-refractivity contribution in [3.63, 3.8) is 0 Å². The summed E-state index contributed by atoms with van der Waals surface area (Å²) < 4.78 is 5.78. The summed E-state index contributed by atoms with van der Waals surface area (Å²) in [4.78, 5) is 19.5. The van der Waals surface area contributed by atoms with Crippen molar-refractivity contribution < 1.29 is 9.53 Å².